The highest BCUT2D eigenvalue weighted by Crippen LogP contribution is 2.25. The summed E-state index contributed by atoms with van der Waals surface area (Å²) in [7, 11) is 0. The molecule has 1 aromatic carbocycles. The summed E-state index contributed by atoms with van der Waals surface area (Å²) in [5, 5.41) is 2.80. The minimum atomic E-state index is -0.674. The molecule has 2 aromatic heterocycles. The van der Waals surface area contributed by atoms with E-state index in [1.807, 2.05) is 4.90 Å². The summed E-state index contributed by atoms with van der Waals surface area (Å²) < 4.78 is 28.1. The van der Waals surface area contributed by atoms with E-state index in [0.717, 1.165) is 0 Å². The molecule has 1 N–H and O–H groups in total. The van der Waals surface area contributed by atoms with E-state index in [0.29, 0.717) is 37.8 Å². The summed E-state index contributed by atoms with van der Waals surface area (Å²) in [5.41, 5.74) is 0.635. The van der Waals surface area contributed by atoms with Crippen LogP contribution in [0.4, 0.5) is 25.2 Å². The van der Waals surface area contributed by atoms with Crippen LogP contribution in [-0.2, 0) is 0 Å². The van der Waals surface area contributed by atoms with E-state index in [2.05, 4.69) is 20.3 Å². The molecule has 29 heavy (non-hydrogen) atoms. The van der Waals surface area contributed by atoms with E-state index in [1.54, 1.807) is 29.4 Å². The number of carbonyl (C=O) groups excluding carboxylic acids is 1. The summed E-state index contributed by atoms with van der Waals surface area (Å²) in [5.74, 6) is -0.976. The van der Waals surface area contributed by atoms with Gasteiger partial charge in [-0.05, 0) is 30.3 Å². The van der Waals surface area contributed by atoms with E-state index in [1.165, 1.54) is 30.5 Å². The Bertz CT molecular complexity index is 989. The first kappa shape index (κ1) is 18.7. The quantitative estimate of drug-likeness (QED) is 0.736. The van der Waals surface area contributed by atoms with E-state index in [-0.39, 0.29) is 17.3 Å². The molecule has 1 aliphatic rings. The third-order valence-corrected chi connectivity index (χ3v) is 4.62. The fourth-order valence-corrected chi connectivity index (χ4v) is 3.13. The smallest absolute Gasteiger partial charge is 0.322 e. The Kier molecular flexibility index (Phi) is 5.28. The first-order chi connectivity index (χ1) is 14.1. The van der Waals surface area contributed by atoms with Gasteiger partial charge in [0.1, 0.15) is 11.6 Å². The molecule has 148 valence electrons. The zero-order valence-corrected chi connectivity index (χ0v) is 15.4. The summed E-state index contributed by atoms with van der Waals surface area (Å²) >= 11 is 0. The molecule has 1 saturated heterocycles. The lowest BCUT2D eigenvalue weighted by Crippen LogP contribution is -2.50. The fourth-order valence-electron chi connectivity index (χ4n) is 3.13. The Morgan fingerprint density at radius 1 is 0.966 bits per heavy atom. The van der Waals surface area contributed by atoms with Gasteiger partial charge in [-0.3, -0.25) is 4.98 Å². The molecule has 3 aromatic rings. The van der Waals surface area contributed by atoms with Crippen LogP contribution in [0, 0.1) is 11.6 Å². The SMILES string of the molecule is O=C(Nc1cccnc1)N1CCN(c2nccc(-c3c(F)cccc3F)n2)CC1. The largest absolute Gasteiger partial charge is 0.337 e. The average molecular weight is 396 g/mol. The van der Waals surface area contributed by atoms with Gasteiger partial charge in [-0.25, -0.2) is 23.5 Å². The van der Waals surface area contributed by atoms with Gasteiger partial charge in [0.25, 0.3) is 0 Å². The minimum absolute atomic E-state index is 0.175. The lowest BCUT2D eigenvalue weighted by molar-refractivity contribution is 0.208. The summed E-state index contributed by atoms with van der Waals surface area (Å²) in [6.45, 7) is 1.94. The third-order valence-electron chi connectivity index (χ3n) is 4.62. The predicted molar refractivity (Wildman–Crippen MR) is 104 cm³/mol. The standard InChI is InChI=1S/C20H18F2N6O/c21-15-4-1-5-16(22)18(15)17-6-8-24-19(26-17)27-9-11-28(12-10-27)20(29)25-14-3-2-7-23-13-14/h1-8,13H,9-12H2,(H,25,29). The van der Waals surface area contributed by atoms with Crippen LogP contribution in [0.2, 0.25) is 0 Å². The summed E-state index contributed by atoms with van der Waals surface area (Å²) in [4.78, 5) is 28.5. The maximum Gasteiger partial charge on any atom is 0.322 e. The van der Waals surface area contributed by atoms with Gasteiger partial charge in [-0.15, -0.1) is 0 Å². The number of anilines is 2. The fraction of sp³-hybridized carbons (Fsp3) is 0.200. The number of rotatable bonds is 3. The topological polar surface area (TPSA) is 74.2 Å². The molecule has 9 heteroatoms. The summed E-state index contributed by atoms with van der Waals surface area (Å²) in [6.07, 6.45) is 4.69. The molecule has 3 heterocycles. The number of halogens is 2. The van der Waals surface area contributed by atoms with Gasteiger partial charge in [-0.2, -0.15) is 0 Å². The van der Waals surface area contributed by atoms with E-state index in [4.69, 9.17) is 0 Å². The van der Waals surface area contributed by atoms with Crippen LogP contribution in [0.1, 0.15) is 0 Å². The van der Waals surface area contributed by atoms with Crippen LogP contribution in [0.3, 0.4) is 0 Å². The Hall–Kier alpha value is -3.62. The van der Waals surface area contributed by atoms with Crippen molar-refractivity contribution < 1.29 is 13.6 Å². The molecule has 0 radical (unpaired) electrons. The molecule has 0 spiro atoms. The van der Waals surface area contributed by atoms with Gasteiger partial charge < -0.3 is 15.1 Å². The number of urea groups is 1. The number of pyridine rings is 1. The number of nitrogens with zero attached hydrogens (tertiary/aromatic N) is 5. The van der Waals surface area contributed by atoms with Crippen molar-refractivity contribution in [1.82, 2.24) is 19.9 Å². The normalized spacial score (nSPS) is 14.0. The highest BCUT2D eigenvalue weighted by Gasteiger charge is 2.23. The lowest BCUT2D eigenvalue weighted by atomic mass is 10.1. The molecule has 2 amide bonds. The van der Waals surface area contributed by atoms with Gasteiger partial charge in [0.15, 0.2) is 0 Å². The van der Waals surface area contributed by atoms with Crippen molar-refractivity contribution in [2.24, 2.45) is 0 Å². The van der Waals surface area contributed by atoms with Crippen molar-refractivity contribution in [1.29, 1.82) is 0 Å². The molecular weight excluding hydrogens is 378 g/mol. The predicted octanol–water partition coefficient (Wildman–Crippen LogP) is 3.17. The minimum Gasteiger partial charge on any atom is -0.337 e. The second kappa shape index (κ2) is 8.17. The zero-order valence-electron chi connectivity index (χ0n) is 15.4. The number of nitrogens with one attached hydrogen (secondary N) is 1. The van der Waals surface area contributed by atoms with Crippen molar-refractivity contribution >= 4 is 17.7 Å². The lowest BCUT2D eigenvalue weighted by Gasteiger charge is -2.34. The second-order valence-corrected chi connectivity index (χ2v) is 6.48. The molecule has 0 bridgehead atoms. The first-order valence-electron chi connectivity index (χ1n) is 9.10. The second-order valence-electron chi connectivity index (χ2n) is 6.48. The molecule has 7 nitrogen and oxygen atoms in total. The van der Waals surface area contributed by atoms with Crippen molar-refractivity contribution in [2.75, 3.05) is 36.4 Å². The molecule has 0 saturated carbocycles. The highest BCUT2D eigenvalue weighted by molar-refractivity contribution is 5.89. The van der Waals surface area contributed by atoms with Crippen molar-refractivity contribution in [3.05, 3.63) is 66.6 Å². The van der Waals surface area contributed by atoms with E-state index in [9.17, 15) is 13.6 Å². The molecule has 4 rings (SSSR count). The van der Waals surface area contributed by atoms with E-state index >= 15 is 0 Å². The van der Waals surface area contributed by atoms with Crippen LogP contribution in [0.25, 0.3) is 11.3 Å². The number of benzene rings is 1. The number of hydrogen-bond donors (Lipinski definition) is 1. The Morgan fingerprint density at radius 2 is 1.72 bits per heavy atom. The maximum absolute atomic E-state index is 14.1. The molecule has 1 aliphatic heterocycles. The Labute approximate surface area is 166 Å². The van der Waals surface area contributed by atoms with Crippen LogP contribution in [0.15, 0.2) is 55.0 Å². The average Bonchev–Trinajstić information content (AvgIpc) is 2.75. The van der Waals surface area contributed by atoms with Gasteiger partial charge in [0.05, 0.1) is 23.1 Å². The maximum atomic E-state index is 14.1. The molecule has 0 atom stereocenters. The van der Waals surface area contributed by atoms with Crippen molar-refractivity contribution in [3.8, 4) is 11.3 Å². The number of amides is 2. The third kappa shape index (κ3) is 4.13. The number of hydrogen-bond acceptors (Lipinski definition) is 5. The van der Waals surface area contributed by atoms with Crippen LogP contribution in [-0.4, -0.2) is 52.1 Å². The van der Waals surface area contributed by atoms with Crippen LogP contribution >= 0.6 is 0 Å². The number of piperazine rings is 1. The highest BCUT2D eigenvalue weighted by atomic mass is 19.1. The molecular formula is C20H18F2N6O. The van der Waals surface area contributed by atoms with Crippen LogP contribution < -0.4 is 10.2 Å². The molecule has 0 unspecified atom stereocenters. The molecule has 0 aliphatic carbocycles. The Balaban J connectivity index is 1.43. The monoisotopic (exact) mass is 396 g/mol. The van der Waals surface area contributed by atoms with Gasteiger partial charge in [0.2, 0.25) is 5.95 Å². The number of aromatic nitrogens is 3. The van der Waals surface area contributed by atoms with Gasteiger partial charge in [0, 0.05) is 38.6 Å². The first-order valence-corrected chi connectivity index (χ1v) is 9.10. The zero-order chi connectivity index (χ0) is 20.2. The number of carbonyl (C=O) groups is 1. The molecule has 1 fully saturated rings. The van der Waals surface area contributed by atoms with E-state index < -0.39 is 11.6 Å². The van der Waals surface area contributed by atoms with Gasteiger partial charge >= 0.3 is 6.03 Å². The van der Waals surface area contributed by atoms with Gasteiger partial charge in [-0.1, -0.05) is 6.07 Å². The Morgan fingerprint density at radius 3 is 2.41 bits per heavy atom. The van der Waals surface area contributed by atoms with Crippen molar-refractivity contribution in [3.63, 3.8) is 0 Å². The summed E-state index contributed by atoms with van der Waals surface area (Å²) in [6, 6.07) is 8.48. The van der Waals surface area contributed by atoms with Crippen molar-refractivity contribution in [2.45, 2.75) is 0 Å². The van der Waals surface area contributed by atoms with Crippen LogP contribution in [0.5, 0.6) is 0 Å².